The number of aromatic nitrogens is 3. The van der Waals surface area contributed by atoms with E-state index in [1.165, 1.54) is 32.4 Å². The van der Waals surface area contributed by atoms with Crippen LogP contribution in [0.1, 0.15) is 32.9 Å². The zero-order chi connectivity index (χ0) is 31.2. The normalized spacial score (nSPS) is 10.9. The molecular weight excluding hydrogens is 570 g/mol. The summed E-state index contributed by atoms with van der Waals surface area (Å²) in [5, 5.41) is 9.06. The van der Waals surface area contributed by atoms with Crippen molar-refractivity contribution in [1.82, 2.24) is 14.5 Å². The lowest BCUT2D eigenvalue weighted by Gasteiger charge is -2.12. The van der Waals surface area contributed by atoms with Gasteiger partial charge in [0, 0.05) is 43.3 Å². The number of ether oxygens (including phenoxy) is 4. The van der Waals surface area contributed by atoms with E-state index in [-0.39, 0.29) is 24.5 Å². The van der Waals surface area contributed by atoms with Crippen LogP contribution < -0.4 is 9.47 Å². The van der Waals surface area contributed by atoms with Gasteiger partial charge in [0.05, 0.1) is 48.7 Å². The second kappa shape index (κ2) is 13.3. The third-order valence-electron chi connectivity index (χ3n) is 7.05. The average molecular weight is 599 g/mol. The molecule has 9 nitrogen and oxygen atoms in total. The summed E-state index contributed by atoms with van der Waals surface area (Å²) in [6.07, 6.45) is 0.206. The van der Waals surface area contributed by atoms with Crippen LogP contribution in [0.5, 0.6) is 11.6 Å². The number of methoxy groups -OCH3 is 3. The van der Waals surface area contributed by atoms with E-state index in [0.29, 0.717) is 58.2 Å². The molecule has 224 valence electrons. The molecule has 0 radical (unpaired) electrons. The first-order valence-electron chi connectivity index (χ1n) is 13.6. The fourth-order valence-corrected chi connectivity index (χ4v) is 4.80. The van der Waals surface area contributed by atoms with Crippen LogP contribution in [-0.2, 0) is 29.0 Å². The first-order chi connectivity index (χ1) is 21.3. The van der Waals surface area contributed by atoms with Crippen LogP contribution in [0, 0.1) is 23.0 Å². The Balaban J connectivity index is 1.37. The molecule has 0 aliphatic carbocycles. The molecule has 0 unspecified atom stereocenters. The topological polar surface area (TPSA) is 108 Å². The monoisotopic (exact) mass is 598 g/mol. The van der Waals surface area contributed by atoms with Gasteiger partial charge in [-0.15, -0.1) is 0 Å². The van der Waals surface area contributed by atoms with Crippen LogP contribution in [0.15, 0.2) is 66.7 Å². The molecule has 0 amide bonds. The molecule has 0 saturated heterocycles. The Morgan fingerprint density at radius 2 is 1.80 bits per heavy atom. The molecule has 11 heteroatoms. The number of pyridine rings is 1. The number of carbonyl (C=O) groups is 1. The summed E-state index contributed by atoms with van der Waals surface area (Å²) < 4.78 is 52.7. The van der Waals surface area contributed by atoms with E-state index in [1.807, 2.05) is 4.57 Å². The van der Waals surface area contributed by atoms with Crippen molar-refractivity contribution in [2.24, 2.45) is 0 Å². The maximum absolute atomic E-state index is 15.5. The Labute approximate surface area is 252 Å². The second-order valence-corrected chi connectivity index (χ2v) is 9.76. The molecule has 5 aromatic rings. The van der Waals surface area contributed by atoms with E-state index in [9.17, 15) is 9.18 Å². The van der Waals surface area contributed by atoms with Crippen molar-refractivity contribution in [3.05, 3.63) is 106 Å². The lowest BCUT2D eigenvalue weighted by Crippen LogP contribution is -2.10. The van der Waals surface area contributed by atoms with Crippen molar-refractivity contribution in [2.45, 2.75) is 19.6 Å². The lowest BCUT2D eigenvalue weighted by molar-refractivity contribution is 0.0601. The van der Waals surface area contributed by atoms with E-state index in [0.717, 1.165) is 5.52 Å². The number of hydrogen-bond acceptors (Lipinski definition) is 8. The maximum atomic E-state index is 15.5. The van der Waals surface area contributed by atoms with Crippen LogP contribution in [-0.4, -0.2) is 48.4 Å². The highest BCUT2D eigenvalue weighted by molar-refractivity contribution is 5.93. The van der Waals surface area contributed by atoms with E-state index >= 15 is 4.39 Å². The lowest BCUT2D eigenvalue weighted by atomic mass is 10.1. The molecule has 0 aliphatic heterocycles. The van der Waals surface area contributed by atoms with E-state index in [2.05, 4.69) is 4.98 Å². The van der Waals surface area contributed by atoms with Gasteiger partial charge in [0.15, 0.2) is 0 Å². The fourth-order valence-electron chi connectivity index (χ4n) is 4.80. The zero-order valence-corrected chi connectivity index (χ0v) is 24.3. The minimum atomic E-state index is -0.676. The fraction of sp³-hybridized carbons (Fsp3) is 0.212. The number of imidazole rings is 1. The number of hydrogen-bond donors (Lipinski definition) is 0. The van der Waals surface area contributed by atoms with E-state index in [1.54, 1.807) is 61.7 Å². The predicted octanol–water partition coefficient (Wildman–Crippen LogP) is 5.86. The maximum Gasteiger partial charge on any atom is 0.337 e. The number of benzene rings is 3. The third kappa shape index (κ3) is 6.35. The molecule has 0 N–H and O–H groups in total. The molecule has 0 fully saturated rings. The summed E-state index contributed by atoms with van der Waals surface area (Å²) in [5.41, 5.74) is 3.51. The molecule has 0 aliphatic rings. The smallest absolute Gasteiger partial charge is 0.337 e. The number of fused-ring (bicyclic) bond motifs is 1. The van der Waals surface area contributed by atoms with Crippen molar-refractivity contribution < 1.29 is 32.5 Å². The van der Waals surface area contributed by atoms with Gasteiger partial charge in [0.1, 0.15) is 35.9 Å². The highest BCUT2D eigenvalue weighted by Gasteiger charge is 2.17. The minimum absolute atomic E-state index is 0.0548. The quantitative estimate of drug-likeness (QED) is 0.174. The standard InChI is InChI=1S/C33H28F2N4O5/c1-41-12-11-39-29-15-22(33(40)43-3)9-10-28(29)37-31(39)17-20-7-8-21(13-25(20)34)27-5-4-6-32(38-27)44-19-24-14-26(35)23(18-36)16-30(24)42-2/h4-10,13-16H,11-12,17,19H2,1-3H3. The van der Waals surface area contributed by atoms with Crippen LogP contribution in [0.25, 0.3) is 22.3 Å². The van der Waals surface area contributed by atoms with Gasteiger partial charge >= 0.3 is 5.97 Å². The number of nitriles is 1. The molecule has 44 heavy (non-hydrogen) atoms. The van der Waals surface area contributed by atoms with E-state index < -0.39 is 17.6 Å². The predicted molar refractivity (Wildman–Crippen MR) is 157 cm³/mol. The third-order valence-corrected chi connectivity index (χ3v) is 7.05. The summed E-state index contributed by atoms with van der Waals surface area (Å²) in [5.74, 6) is -0.388. The van der Waals surface area contributed by atoms with Gasteiger partial charge in [-0.3, -0.25) is 0 Å². The van der Waals surface area contributed by atoms with Gasteiger partial charge in [-0.05, 0) is 42.0 Å². The molecule has 2 heterocycles. The molecule has 0 bridgehead atoms. The Morgan fingerprint density at radius 3 is 2.52 bits per heavy atom. The SMILES string of the molecule is COCCn1c(Cc2ccc(-c3cccc(OCc4cc(F)c(C#N)cc4OC)n3)cc2F)nc2ccc(C(=O)OC)cc21. The van der Waals surface area contributed by atoms with Crippen LogP contribution in [0.2, 0.25) is 0 Å². The Bertz CT molecular complexity index is 1880. The van der Waals surface area contributed by atoms with Gasteiger partial charge in [-0.2, -0.15) is 5.26 Å². The van der Waals surface area contributed by atoms with Gasteiger partial charge in [-0.25, -0.2) is 23.5 Å². The number of esters is 1. The summed E-state index contributed by atoms with van der Waals surface area (Å²) in [6.45, 7) is 0.810. The van der Waals surface area contributed by atoms with Crippen molar-refractivity contribution in [3.63, 3.8) is 0 Å². The summed E-state index contributed by atoms with van der Waals surface area (Å²) >= 11 is 0. The van der Waals surface area contributed by atoms with Gasteiger partial charge in [0.2, 0.25) is 5.88 Å². The zero-order valence-electron chi connectivity index (χ0n) is 24.3. The van der Waals surface area contributed by atoms with Gasteiger partial charge in [-0.1, -0.05) is 18.2 Å². The molecule has 0 spiro atoms. The Morgan fingerprint density at radius 1 is 0.955 bits per heavy atom. The molecule has 0 atom stereocenters. The number of nitrogens with zero attached hydrogens (tertiary/aromatic N) is 4. The van der Waals surface area contributed by atoms with Gasteiger partial charge < -0.3 is 23.5 Å². The van der Waals surface area contributed by atoms with Crippen LogP contribution in [0.4, 0.5) is 8.78 Å². The molecule has 3 aromatic carbocycles. The summed E-state index contributed by atoms with van der Waals surface area (Å²) in [4.78, 5) is 21.3. The number of halogens is 2. The second-order valence-electron chi connectivity index (χ2n) is 9.76. The minimum Gasteiger partial charge on any atom is -0.496 e. The van der Waals surface area contributed by atoms with E-state index in [4.69, 9.17) is 29.2 Å². The summed E-state index contributed by atoms with van der Waals surface area (Å²) in [7, 11) is 4.34. The number of rotatable bonds is 11. The highest BCUT2D eigenvalue weighted by Crippen LogP contribution is 2.27. The van der Waals surface area contributed by atoms with Crippen LogP contribution >= 0.6 is 0 Å². The van der Waals surface area contributed by atoms with Crippen molar-refractivity contribution >= 4 is 17.0 Å². The summed E-state index contributed by atoms with van der Waals surface area (Å²) in [6, 6.07) is 19.3. The van der Waals surface area contributed by atoms with Crippen molar-refractivity contribution in [1.29, 1.82) is 5.26 Å². The Hall–Kier alpha value is -5.34. The first-order valence-corrected chi connectivity index (χ1v) is 13.6. The largest absolute Gasteiger partial charge is 0.496 e. The highest BCUT2D eigenvalue weighted by atomic mass is 19.1. The van der Waals surface area contributed by atoms with Gasteiger partial charge in [0.25, 0.3) is 0 Å². The average Bonchev–Trinajstić information content (AvgIpc) is 3.39. The van der Waals surface area contributed by atoms with Crippen molar-refractivity contribution in [3.8, 4) is 29.0 Å². The number of carbonyl (C=O) groups excluding carboxylic acids is 1. The van der Waals surface area contributed by atoms with Crippen molar-refractivity contribution in [2.75, 3.05) is 27.9 Å². The molecule has 5 rings (SSSR count). The first kappa shape index (κ1) is 30.1. The molecular formula is C33H28F2N4O5. The molecule has 0 saturated carbocycles. The van der Waals surface area contributed by atoms with Crippen LogP contribution in [0.3, 0.4) is 0 Å². The molecule has 2 aromatic heterocycles. The Kier molecular flexibility index (Phi) is 9.12.